The van der Waals surface area contributed by atoms with Crippen molar-refractivity contribution < 1.29 is 9.13 Å². The molecular weight excluding hydrogens is 327 g/mol. The fourth-order valence-corrected chi connectivity index (χ4v) is 2.09. The minimum Gasteiger partial charge on any atom is -0.482 e. The number of anilines is 2. The highest BCUT2D eigenvalue weighted by Gasteiger charge is 2.15. The van der Waals surface area contributed by atoms with E-state index in [-0.39, 0.29) is 11.6 Å². The fourth-order valence-electron chi connectivity index (χ4n) is 1.78. The minimum atomic E-state index is -0.449. The first-order valence-electron chi connectivity index (χ1n) is 5.85. The number of pyridine rings is 1. The summed E-state index contributed by atoms with van der Waals surface area (Å²) < 4.78 is 19.8. The van der Waals surface area contributed by atoms with Crippen molar-refractivity contribution >= 4 is 27.4 Å². The van der Waals surface area contributed by atoms with Crippen LogP contribution in [0.3, 0.4) is 0 Å². The Morgan fingerprint density at radius 2 is 2.15 bits per heavy atom. The quantitative estimate of drug-likeness (QED) is 0.588. The standard InChI is InChI=1S/C13H14BrFN4O/c1-7(10-5-9(15)2-3-11(10)19-17)20-12-4-8(14)6-18-13(12)16/h2-7,19H,17H2,1H3,(H2,16,18)/t7-/m1/s1. The second-order valence-corrected chi connectivity index (χ2v) is 5.09. The maximum atomic E-state index is 13.4. The van der Waals surface area contributed by atoms with E-state index < -0.39 is 6.10 Å². The third-order valence-corrected chi connectivity index (χ3v) is 3.19. The third kappa shape index (κ3) is 3.17. The third-order valence-electron chi connectivity index (χ3n) is 2.76. The Balaban J connectivity index is 2.30. The van der Waals surface area contributed by atoms with Gasteiger partial charge in [0, 0.05) is 16.2 Å². The van der Waals surface area contributed by atoms with Crippen LogP contribution < -0.4 is 21.7 Å². The molecule has 20 heavy (non-hydrogen) atoms. The Morgan fingerprint density at radius 3 is 2.85 bits per heavy atom. The fraction of sp³-hybridized carbons (Fsp3) is 0.154. The van der Waals surface area contributed by atoms with Gasteiger partial charge in [-0.25, -0.2) is 9.37 Å². The molecule has 0 spiro atoms. The molecule has 5 N–H and O–H groups in total. The number of hydrazine groups is 1. The van der Waals surface area contributed by atoms with Gasteiger partial charge in [-0.05, 0) is 47.1 Å². The molecule has 0 radical (unpaired) electrons. The van der Waals surface area contributed by atoms with Crippen molar-refractivity contribution in [3.05, 3.63) is 46.3 Å². The molecule has 1 atom stereocenters. The normalized spacial score (nSPS) is 12.0. The number of aromatic nitrogens is 1. The summed E-state index contributed by atoms with van der Waals surface area (Å²) in [6, 6.07) is 5.93. The van der Waals surface area contributed by atoms with Gasteiger partial charge >= 0.3 is 0 Å². The van der Waals surface area contributed by atoms with Crippen LogP contribution in [0.15, 0.2) is 34.9 Å². The van der Waals surface area contributed by atoms with Crippen LogP contribution in [-0.4, -0.2) is 4.98 Å². The molecule has 106 valence electrons. The van der Waals surface area contributed by atoms with E-state index in [0.29, 0.717) is 17.0 Å². The van der Waals surface area contributed by atoms with Crippen LogP contribution in [0.1, 0.15) is 18.6 Å². The highest BCUT2D eigenvalue weighted by molar-refractivity contribution is 9.10. The van der Waals surface area contributed by atoms with Crippen molar-refractivity contribution in [3.8, 4) is 5.75 Å². The van der Waals surface area contributed by atoms with Gasteiger partial charge in [0.1, 0.15) is 11.9 Å². The van der Waals surface area contributed by atoms with Crippen molar-refractivity contribution in [2.75, 3.05) is 11.2 Å². The predicted octanol–water partition coefficient (Wildman–Crippen LogP) is 2.99. The van der Waals surface area contributed by atoms with Gasteiger partial charge in [0.05, 0.1) is 5.69 Å². The van der Waals surface area contributed by atoms with Crippen molar-refractivity contribution in [1.82, 2.24) is 4.98 Å². The molecule has 0 saturated heterocycles. The van der Waals surface area contributed by atoms with Crippen LogP contribution >= 0.6 is 15.9 Å². The first-order chi connectivity index (χ1) is 9.51. The second-order valence-electron chi connectivity index (χ2n) is 4.17. The van der Waals surface area contributed by atoms with Gasteiger partial charge in [0.15, 0.2) is 11.6 Å². The summed E-state index contributed by atoms with van der Waals surface area (Å²) >= 11 is 3.29. The molecule has 1 heterocycles. The molecule has 2 rings (SSSR count). The van der Waals surface area contributed by atoms with Crippen LogP contribution in [0.5, 0.6) is 5.75 Å². The number of hydrogen-bond acceptors (Lipinski definition) is 5. The molecule has 0 aliphatic rings. The number of benzene rings is 1. The number of ether oxygens (including phenoxy) is 1. The summed E-state index contributed by atoms with van der Waals surface area (Å²) in [4.78, 5) is 3.98. The van der Waals surface area contributed by atoms with Gasteiger partial charge in [-0.2, -0.15) is 0 Å². The zero-order chi connectivity index (χ0) is 14.7. The lowest BCUT2D eigenvalue weighted by Crippen LogP contribution is -2.13. The highest BCUT2D eigenvalue weighted by atomic mass is 79.9. The van der Waals surface area contributed by atoms with Gasteiger partial charge in [0.2, 0.25) is 0 Å². The number of halogens is 2. The van der Waals surface area contributed by atoms with Gasteiger partial charge in [-0.1, -0.05) is 0 Å². The Labute approximate surface area is 124 Å². The first kappa shape index (κ1) is 14.5. The second kappa shape index (κ2) is 6.06. The van der Waals surface area contributed by atoms with E-state index in [1.54, 1.807) is 25.3 Å². The van der Waals surface area contributed by atoms with E-state index in [4.69, 9.17) is 16.3 Å². The summed E-state index contributed by atoms with van der Waals surface area (Å²) in [7, 11) is 0. The smallest absolute Gasteiger partial charge is 0.166 e. The molecule has 0 unspecified atom stereocenters. The number of hydrogen-bond donors (Lipinski definition) is 3. The summed E-state index contributed by atoms with van der Waals surface area (Å²) in [5, 5.41) is 0. The number of nitrogen functional groups attached to an aromatic ring is 2. The SMILES string of the molecule is C[C@@H](Oc1cc(Br)cnc1N)c1cc(F)ccc1NN. The average Bonchev–Trinajstić information content (AvgIpc) is 2.42. The Hall–Kier alpha value is -1.86. The van der Waals surface area contributed by atoms with Crippen LogP contribution in [0.2, 0.25) is 0 Å². The van der Waals surface area contributed by atoms with Crippen molar-refractivity contribution in [1.29, 1.82) is 0 Å². The largest absolute Gasteiger partial charge is 0.482 e. The zero-order valence-corrected chi connectivity index (χ0v) is 12.3. The van der Waals surface area contributed by atoms with Crippen LogP contribution in [0.4, 0.5) is 15.9 Å². The molecule has 2 aromatic rings. The molecule has 0 saturated carbocycles. The van der Waals surface area contributed by atoms with E-state index in [9.17, 15) is 4.39 Å². The Morgan fingerprint density at radius 1 is 1.40 bits per heavy atom. The molecule has 0 aliphatic carbocycles. The van der Waals surface area contributed by atoms with E-state index in [2.05, 4.69) is 26.3 Å². The van der Waals surface area contributed by atoms with Gasteiger partial charge < -0.3 is 15.9 Å². The molecule has 0 bridgehead atoms. The van der Waals surface area contributed by atoms with Crippen molar-refractivity contribution in [2.24, 2.45) is 5.84 Å². The number of rotatable bonds is 4. The van der Waals surface area contributed by atoms with Crippen LogP contribution in [0.25, 0.3) is 0 Å². The first-order valence-corrected chi connectivity index (χ1v) is 6.64. The molecular formula is C13H14BrFN4O. The zero-order valence-electron chi connectivity index (χ0n) is 10.7. The Bertz CT molecular complexity index is 623. The molecule has 7 heteroatoms. The van der Waals surface area contributed by atoms with E-state index in [1.807, 2.05) is 0 Å². The van der Waals surface area contributed by atoms with Crippen molar-refractivity contribution in [2.45, 2.75) is 13.0 Å². The van der Waals surface area contributed by atoms with E-state index in [0.717, 1.165) is 4.47 Å². The van der Waals surface area contributed by atoms with Crippen LogP contribution in [-0.2, 0) is 0 Å². The lowest BCUT2D eigenvalue weighted by molar-refractivity contribution is 0.227. The monoisotopic (exact) mass is 340 g/mol. The maximum Gasteiger partial charge on any atom is 0.166 e. The lowest BCUT2D eigenvalue weighted by Gasteiger charge is -2.19. The molecule has 0 fully saturated rings. The average molecular weight is 341 g/mol. The maximum absolute atomic E-state index is 13.4. The number of nitrogens with zero attached hydrogens (tertiary/aromatic N) is 1. The van der Waals surface area contributed by atoms with Gasteiger partial charge in [-0.15, -0.1) is 0 Å². The Kier molecular flexibility index (Phi) is 4.41. The molecule has 1 aromatic heterocycles. The van der Waals surface area contributed by atoms with Crippen LogP contribution in [0, 0.1) is 5.82 Å². The molecule has 0 amide bonds. The summed E-state index contributed by atoms with van der Waals surface area (Å²) in [5.74, 6) is 5.73. The van der Waals surface area contributed by atoms with Crippen molar-refractivity contribution in [3.63, 3.8) is 0 Å². The lowest BCUT2D eigenvalue weighted by atomic mass is 10.1. The molecule has 1 aromatic carbocycles. The topological polar surface area (TPSA) is 86.2 Å². The molecule has 5 nitrogen and oxygen atoms in total. The van der Waals surface area contributed by atoms with Gasteiger partial charge in [-0.3, -0.25) is 5.84 Å². The summed E-state index contributed by atoms with van der Waals surface area (Å²) in [6.07, 6.45) is 1.12. The summed E-state index contributed by atoms with van der Waals surface area (Å²) in [5.41, 5.74) is 9.43. The highest BCUT2D eigenvalue weighted by Crippen LogP contribution is 2.31. The summed E-state index contributed by atoms with van der Waals surface area (Å²) in [6.45, 7) is 1.77. The number of nitrogens with two attached hydrogens (primary N) is 2. The molecule has 0 aliphatic heterocycles. The van der Waals surface area contributed by atoms with E-state index >= 15 is 0 Å². The number of nitrogens with one attached hydrogen (secondary N) is 1. The van der Waals surface area contributed by atoms with Gasteiger partial charge in [0.25, 0.3) is 0 Å². The minimum absolute atomic E-state index is 0.263. The van der Waals surface area contributed by atoms with E-state index in [1.165, 1.54) is 12.1 Å². The predicted molar refractivity (Wildman–Crippen MR) is 79.6 cm³/mol.